The van der Waals surface area contributed by atoms with E-state index >= 15 is 0 Å². The predicted molar refractivity (Wildman–Crippen MR) is 132 cm³/mol. The molecule has 204 valence electrons. The molecule has 14 heteroatoms. The summed E-state index contributed by atoms with van der Waals surface area (Å²) in [6.45, 7) is 1.01. The molecule has 2 aliphatic rings. The summed E-state index contributed by atoms with van der Waals surface area (Å²) in [6.07, 6.45) is -8.83. The van der Waals surface area contributed by atoms with Crippen molar-refractivity contribution in [2.24, 2.45) is 4.99 Å². The number of carbonyl (C=O) groups is 2. The number of carbonyl (C=O) groups excluding carboxylic acids is 2. The average Bonchev–Trinajstić information content (AvgIpc) is 3.43. The molecule has 0 atom stereocenters. The molecule has 1 aromatic heterocycles. The first-order chi connectivity index (χ1) is 18.4. The van der Waals surface area contributed by atoms with Crippen molar-refractivity contribution in [3.05, 3.63) is 69.8 Å². The van der Waals surface area contributed by atoms with Gasteiger partial charge in [-0.1, -0.05) is 12.1 Å². The van der Waals surface area contributed by atoms with Crippen LogP contribution in [-0.2, 0) is 28.4 Å². The Balaban J connectivity index is 1.59. The number of rotatable bonds is 3. The van der Waals surface area contributed by atoms with Gasteiger partial charge in [-0.2, -0.15) is 36.4 Å². The molecular formula is C25H19F6N5O2S. The van der Waals surface area contributed by atoms with Gasteiger partial charge >= 0.3 is 12.4 Å². The van der Waals surface area contributed by atoms with E-state index in [1.165, 1.54) is 6.20 Å². The summed E-state index contributed by atoms with van der Waals surface area (Å²) < 4.78 is 81.5. The first-order valence-electron chi connectivity index (χ1n) is 11.7. The summed E-state index contributed by atoms with van der Waals surface area (Å²) in [5, 5.41) is 10.3. The standard InChI is InChI=1S/C25H19F6N5O2S/c26-24(27,28)16-3-1-14(18(11-16)25(29,30)31)10-17(13-2-4-19-15(9-13)12-33-35-19)21-22(38)34-23(39-21)36-7-5-20(37)32-6-8-36/h1-4,9,11-12H,5-8,10H2,(H,32,37)(H,33,35). The summed E-state index contributed by atoms with van der Waals surface area (Å²) >= 11 is 0.968. The summed E-state index contributed by atoms with van der Waals surface area (Å²) in [6, 6.07) is 6.36. The fourth-order valence-electron chi connectivity index (χ4n) is 4.38. The third-order valence-electron chi connectivity index (χ3n) is 6.34. The number of benzene rings is 2. The van der Waals surface area contributed by atoms with Gasteiger partial charge in [0.1, 0.15) is 0 Å². The molecule has 2 amide bonds. The summed E-state index contributed by atoms with van der Waals surface area (Å²) in [7, 11) is 0. The molecule has 2 N–H and O–H groups in total. The van der Waals surface area contributed by atoms with Gasteiger partial charge in [-0.3, -0.25) is 14.7 Å². The van der Waals surface area contributed by atoms with Crippen LogP contribution in [0.15, 0.2) is 52.5 Å². The highest BCUT2D eigenvalue weighted by Gasteiger charge is 2.39. The van der Waals surface area contributed by atoms with E-state index in [0.29, 0.717) is 47.3 Å². The van der Waals surface area contributed by atoms with E-state index in [-0.39, 0.29) is 28.9 Å². The number of aromatic amines is 1. The van der Waals surface area contributed by atoms with E-state index in [0.717, 1.165) is 17.8 Å². The van der Waals surface area contributed by atoms with Gasteiger partial charge in [-0.25, -0.2) is 0 Å². The number of hydrogen-bond donors (Lipinski definition) is 2. The van der Waals surface area contributed by atoms with Crippen LogP contribution in [0.1, 0.15) is 28.7 Å². The quantitative estimate of drug-likeness (QED) is 0.343. The van der Waals surface area contributed by atoms with Crippen LogP contribution in [0.25, 0.3) is 16.5 Å². The van der Waals surface area contributed by atoms with Crippen LogP contribution in [0.4, 0.5) is 26.3 Å². The Bertz CT molecular complexity index is 1530. The smallest absolute Gasteiger partial charge is 0.354 e. The Morgan fingerprint density at radius 1 is 1.00 bits per heavy atom. The SMILES string of the molecule is O=C1CCN(C2=NC(=O)C(=C(Cc3ccc(C(F)(F)F)cc3C(F)(F)F)c3ccc4[nH]ncc4c3)S2)CCN1. The minimum Gasteiger partial charge on any atom is -0.354 e. The first-order valence-corrected chi connectivity index (χ1v) is 12.5. The second-order valence-electron chi connectivity index (χ2n) is 8.91. The lowest BCUT2D eigenvalue weighted by molar-refractivity contribution is -0.143. The zero-order valence-corrected chi connectivity index (χ0v) is 20.7. The number of allylic oxidation sites excluding steroid dienone is 1. The van der Waals surface area contributed by atoms with Crippen molar-refractivity contribution in [3.8, 4) is 0 Å². The number of aliphatic imine (C=N–C) groups is 1. The molecule has 0 unspecified atom stereocenters. The molecule has 3 heterocycles. The van der Waals surface area contributed by atoms with Crippen LogP contribution >= 0.6 is 11.8 Å². The van der Waals surface area contributed by atoms with Gasteiger partial charge in [-0.15, -0.1) is 0 Å². The van der Waals surface area contributed by atoms with Gasteiger partial charge in [0.25, 0.3) is 5.91 Å². The van der Waals surface area contributed by atoms with Gasteiger partial charge in [0.2, 0.25) is 5.91 Å². The van der Waals surface area contributed by atoms with Crippen molar-refractivity contribution in [1.82, 2.24) is 20.4 Å². The third-order valence-corrected chi connectivity index (χ3v) is 7.50. The number of amides is 2. The van der Waals surface area contributed by atoms with Crippen molar-refractivity contribution < 1.29 is 35.9 Å². The normalized spacial score (nSPS) is 18.3. The van der Waals surface area contributed by atoms with Gasteiger partial charge < -0.3 is 10.2 Å². The highest BCUT2D eigenvalue weighted by Crippen LogP contribution is 2.42. The minimum absolute atomic E-state index is 0.0596. The number of halogens is 6. The Hall–Kier alpha value is -3.81. The molecule has 1 saturated heterocycles. The van der Waals surface area contributed by atoms with Crippen LogP contribution in [0.3, 0.4) is 0 Å². The van der Waals surface area contributed by atoms with E-state index in [2.05, 4.69) is 20.5 Å². The molecular weight excluding hydrogens is 548 g/mol. The summed E-state index contributed by atoms with van der Waals surface area (Å²) in [4.78, 5) is 30.7. The molecule has 0 aliphatic carbocycles. The fourth-order valence-corrected chi connectivity index (χ4v) is 5.45. The highest BCUT2D eigenvalue weighted by molar-refractivity contribution is 8.18. The number of H-pyrrole nitrogens is 1. The lowest BCUT2D eigenvalue weighted by Gasteiger charge is -2.20. The van der Waals surface area contributed by atoms with Gasteiger partial charge in [-0.05, 0) is 59.1 Å². The number of thioether (sulfide) groups is 1. The minimum atomic E-state index is -5.07. The predicted octanol–water partition coefficient (Wildman–Crippen LogP) is 5.01. The maximum atomic E-state index is 13.9. The zero-order chi connectivity index (χ0) is 27.9. The van der Waals surface area contributed by atoms with E-state index in [1.807, 2.05) is 0 Å². The molecule has 0 bridgehead atoms. The van der Waals surface area contributed by atoms with Gasteiger partial charge in [0, 0.05) is 31.4 Å². The number of fused-ring (bicyclic) bond motifs is 1. The highest BCUT2D eigenvalue weighted by atomic mass is 32.2. The second-order valence-corrected chi connectivity index (χ2v) is 9.89. The van der Waals surface area contributed by atoms with E-state index in [4.69, 9.17) is 0 Å². The Morgan fingerprint density at radius 2 is 1.79 bits per heavy atom. The molecule has 0 radical (unpaired) electrons. The molecule has 2 aromatic carbocycles. The Labute approximate surface area is 221 Å². The molecule has 3 aromatic rings. The lowest BCUT2D eigenvalue weighted by atomic mass is 9.92. The van der Waals surface area contributed by atoms with Gasteiger partial charge in [0.15, 0.2) is 5.17 Å². The Morgan fingerprint density at radius 3 is 2.54 bits per heavy atom. The Kier molecular flexibility index (Phi) is 6.91. The summed E-state index contributed by atoms with van der Waals surface area (Å²) in [5.41, 5.74) is -2.05. The van der Waals surface area contributed by atoms with E-state index in [1.54, 1.807) is 23.1 Å². The number of aromatic nitrogens is 2. The summed E-state index contributed by atoms with van der Waals surface area (Å²) in [5.74, 6) is -0.833. The van der Waals surface area contributed by atoms with E-state index in [9.17, 15) is 35.9 Å². The van der Waals surface area contributed by atoms with Crippen LogP contribution in [0, 0.1) is 0 Å². The molecule has 5 rings (SSSR count). The number of hydrogen-bond acceptors (Lipinski definition) is 5. The molecule has 7 nitrogen and oxygen atoms in total. The first kappa shape index (κ1) is 26.8. The van der Waals surface area contributed by atoms with Gasteiger partial charge in [0.05, 0.1) is 27.7 Å². The van der Waals surface area contributed by atoms with Crippen LogP contribution in [0.5, 0.6) is 0 Å². The maximum absolute atomic E-state index is 13.9. The van der Waals surface area contributed by atoms with Crippen molar-refractivity contribution in [1.29, 1.82) is 0 Å². The fraction of sp³-hybridized carbons (Fsp3) is 0.280. The molecule has 1 fully saturated rings. The molecule has 0 spiro atoms. The molecule has 39 heavy (non-hydrogen) atoms. The zero-order valence-electron chi connectivity index (χ0n) is 19.9. The number of alkyl halides is 6. The van der Waals surface area contributed by atoms with E-state index < -0.39 is 41.4 Å². The monoisotopic (exact) mass is 567 g/mol. The van der Waals surface area contributed by atoms with Crippen molar-refractivity contribution in [2.45, 2.75) is 25.2 Å². The number of amidine groups is 1. The largest absolute Gasteiger partial charge is 0.416 e. The van der Waals surface area contributed by atoms with Crippen molar-refractivity contribution >= 4 is 45.2 Å². The number of nitrogens with one attached hydrogen (secondary N) is 2. The van der Waals surface area contributed by atoms with Crippen LogP contribution < -0.4 is 5.32 Å². The van der Waals surface area contributed by atoms with Crippen molar-refractivity contribution in [2.75, 3.05) is 19.6 Å². The molecule has 2 aliphatic heterocycles. The van der Waals surface area contributed by atoms with Crippen LogP contribution in [-0.4, -0.2) is 51.7 Å². The number of nitrogens with zero attached hydrogens (tertiary/aromatic N) is 3. The maximum Gasteiger partial charge on any atom is 0.416 e. The average molecular weight is 568 g/mol. The van der Waals surface area contributed by atoms with Crippen LogP contribution in [0.2, 0.25) is 0 Å². The van der Waals surface area contributed by atoms with Crippen molar-refractivity contribution in [3.63, 3.8) is 0 Å². The lowest BCUT2D eigenvalue weighted by Crippen LogP contribution is -2.31. The third kappa shape index (κ3) is 5.65. The second kappa shape index (κ2) is 10.1. The molecule has 0 saturated carbocycles. The topological polar surface area (TPSA) is 90.5 Å².